The van der Waals surface area contributed by atoms with Crippen LogP contribution < -0.4 is 14.2 Å². The minimum absolute atomic E-state index is 0.0504. The van der Waals surface area contributed by atoms with E-state index in [1.54, 1.807) is 7.11 Å². The summed E-state index contributed by atoms with van der Waals surface area (Å²) in [7, 11) is 1.68. The second-order valence-corrected chi connectivity index (χ2v) is 5.42. The van der Waals surface area contributed by atoms with Gasteiger partial charge in [0.2, 0.25) is 0 Å². The van der Waals surface area contributed by atoms with Gasteiger partial charge in [-0.1, -0.05) is 40.2 Å². The van der Waals surface area contributed by atoms with E-state index in [9.17, 15) is 0 Å². The van der Waals surface area contributed by atoms with Crippen LogP contribution in [0, 0.1) is 0 Å². The molecule has 0 aromatic heterocycles. The molecule has 0 radical (unpaired) electrons. The van der Waals surface area contributed by atoms with Crippen molar-refractivity contribution in [2.24, 2.45) is 0 Å². The monoisotopic (exact) mass is 334 g/mol. The number of hydrogen-bond acceptors (Lipinski definition) is 3. The van der Waals surface area contributed by atoms with Gasteiger partial charge in [0.1, 0.15) is 19.0 Å². The van der Waals surface area contributed by atoms with Crippen molar-refractivity contribution in [3.8, 4) is 17.2 Å². The van der Waals surface area contributed by atoms with Gasteiger partial charge in [-0.05, 0) is 23.8 Å². The Balaban J connectivity index is 1.96. The molecule has 0 spiro atoms. The second-order valence-electron chi connectivity index (χ2n) is 4.51. The predicted octanol–water partition coefficient (Wildman–Crippen LogP) is 3.95. The minimum Gasteiger partial charge on any atom is -0.496 e. The van der Waals surface area contributed by atoms with Crippen molar-refractivity contribution in [3.63, 3.8) is 0 Å². The number of rotatable bonds is 3. The van der Waals surface area contributed by atoms with E-state index in [2.05, 4.69) is 22.0 Å². The van der Waals surface area contributed by atoms with Gasteiger partial charge >= 0.3 is 0 Å². The summed E-state index contributed by atoms with van der Waals surface area (Å²) in [5, 5.41) is 0. The normalized spacial score (nSPS) is 14.7. The molecule has 0 N–H and O–H groups in total. The Morgan fingerprint density at radius 1 is 1.05 bits per heavy atom. The minimum atomic E-state index is 0.0504. The Kier molecular flexibility index (Phi) is 3.83. The van der Waals surface area contributed by atoms with Gasteiger partial charge in [-0.15, -0.1) is 0 Å². The first-order valence-corrected chi connectivity index (χ1v) is 7.37. The molecule has 0 saturated heterocycles. The zero-order valence-corrected chi connectivity index (χ0v) is 12.7. The molecule has 1 aliphatic rings. The Morgan fingerprint density at radius 3 is 2.60 bits per heavy atom. The molecule has 2 aromatic rings. The molecule has 0 saturated carbocycles. The van der Waals surface area contributed by atoms with Gasteiger partial charge in [0, 0.05) is 5.56 Å². The molecule has 1 atom stereocenters. The molecule has 4 heteroatoms. The summed E-state index contributed by atoms with van der Waals surface area (Å²) in [6, 6.07) is 14.0. The van der Waals surface area contributed by atoms with E-state index in [-0.39, 0.29) is 4.83 Å². The van der Waals surface area contributed by atoms with Crippen LogP contribution in [0.5, 0.6) is 17.2 Å². The molecule has 1 heterocycles. The number of halogens is 1. The van der Waals surface area contributed by atoms with Crippen molar-refractivity contribution in [1.82, 2.24) is 0 Å². The van der Waals surface area contributed by atoms with E-state index in [0.29, 0.717) is 13.2 Å². The lowest BCUT2D eigenvalue weighted by atomic mass is 10.0. The van der Waals surface area contributed by atoms with Gasteiger partial charge in [-0.25, -0.2) is 0 Å². The van der Waals surface area contributed by atoms with Crippen LogP contribution in [-0.2, 0) is 0 Å². The smallest absolute Gasteiger partial charge is 0.161 e. The summed E-state index contributed by atoms with van der Waals surface area (Å²) in [5.74, 6) is 2.47. The lowest BCUT2D eigenvalue weighted by Crippen LogP contribution is -2.15. The largest absolute Gasteiger partial charge is 0.496 e. The highest BCUT2D eigenvalue weighted by Crippen LogP contribution is 2.40. The molecular weight excluding hydrogens is 320 g/mol. The SMILES string of the molecule is COc1ccccc1C(Br)c1ccc2c(c1)OCCO2. The maximum atomic E-state index is 5.63. The summed E-state index contributed by atoms with van der Waals surface area (Å²) in [6.07, 6.45) is 0. The summed E-state index contributed by atoms with van der Waals surface area (Å²) in [4.78, 5) is 0.0504. The Bertz CT molecular complexity index is 612. The van der Waals surface area contributed by atoms with E-state index in [0.717, 1.165) is 28.4 Å². The highest BCUT2D eigenvalue weighted by Gasteiger charge is 2.18. The molecule has 0 amide bonds. The number of hydrogen-bond donors (Lipinski definition) is 0. The standard InChI is InChI=1S/C16H15BrO3/c1-18-13-5-3-2-4-12(13)16(17)11-6-7-14-15(10-11)20-9-8-19-14/h2-7,10,16H,8-9H2,1H3. The molecule has 2 aromatic carbocycles. The number of fused-ring (bicyclic) bond motifs is 1. The lowest BCUT2D eigenvalue weighted by molar-refractivity contribution is 0.171. The molecule has 3 nitrogen and oxygen atoms in total. The number of para-hydroxylation sites is 1. The van der Waals surface area contributed by atoms with Crippen LogP contribution in [0.3, 0.4) is 0 Å². The molecule has 104 valence electrons. The maximum Gasteiger partial charge on any atom is 0.161 e. The van der Waals surface area contributed by atoms with Gasteiger partial charge in [-0.2, -0.15) is 0 Å². The van der Waals surface area contributed by atoms with Crippen LogP contribution in [0.15, 0.2) is 42.5 Å². The van der Waals surface area contributed by atoms with E-state index in [4.69, 9.17) is 14.2 Å². The quantitative estimate of drug-likeness (QED) is 0.795. The highest BCUT2D eigenvalue weighted by molar-refractivity contribution is 9.09. The van der Waals surface area contributed by atoms with E-state index < -0.39 is 0 Å². The zero-order chi connectivity index (χ0) is 13.9. The average Bonchev–Trinajstić information content (AvgIpc) is 2.53. The average molecular weight is 335 g/mol. The third-order valence-electron chi connectivity index (χ3n) is 3.27. The van der Waals surface area contributed by atoms with Crippen molar-refractivity contribution < 1.29 is 14.2 Å². The first kappa shape index (κ1) is 13.3. The molecule has 20 heavy (non-hydrogen) atoms. The van der Waals surface area contributed by atoms with Crippen molar-refractivity contribution in [1.29, 1.82) is 0 Å². The van der Waals surface area contributed by atoms with Gasteiger partial charge in [0.15, 0.2) is 11.5 Å². The van der Waals surface area contributed by atoms with Gasteiger partial charge in [0.25, 0.3) is 0 Å². The van der Waals surface area contributed by atoms with Crippen LogP contribution >= 0.6 is 15.9 Å². The predicted molar refractivity (Wildman–Crippen MR) is 81.2 cm³/mol. The van der Waals surface area contributed by atoms with E-state index >= 15 is 0 Å². The highest BCUT2D eigenvalue weighted by atomic mass is 79.9. The number of alkyl halides is 1. The van der Waals surface area contributed by atoms with E-state index in [1.165, 1.54) is 0 Å². The Morgan fingerprint density at radius 2 is 1.80 bits per heavy atom. The zero-order valence-electron chi connectivity index (χ0n) is 11.1. The maximum absolute atomic E-state index is 5.63. The van der Waals surface area contributed by atoms with Crippen molar-refractivity contribution in [2.45, 2.75) is 4.83 Å². The summed E-state index contributed by atoms with van der Waals surface area (Å²) >= 11 is 3.74. The summed E-state index contributed by atoms with van der Waals surface area (Å²) < 4.78 is 16.6. The molecule has 1 unspecified atom stereocenters. The number of benzene rings is 2. The lowest BCUT2D eigenvalue weighted by Gasteiger charge is -2.21. The molecule has 0 bridgehead atoms. The molecule has 3 rings (SSSR count). The first-order valence-electron chi connectivity index (χ1n) is 6.46. The summed E-state index contributed by atoms with van der Waals surface area (Å²) in [5.41, 5.74) is 2.20. The second kappa shape index (κ2) is 5.75. The van der Waals surface area contributed by atoms with E-state index in [1.807, 2.05) is 36.4 Å². The molecule has 0 aliphatic carbocycles. The van der Waals surface area contributed by atoms with Crippen molar-refractivity contribution in [2.75, 3.05) is 20.3 Å². The Hall–Kier alpha value is -1.68. The fourth-order valence-electron chi connectivity index (χ4n) is 2.27. The van der Waals surface area contributed by atoms with Crippen LogP contribution in [0.25, 0.3) is 0 Å². The van der Waals surface area contributed by atoms with Crippen LogP contribution in [0.1, 0.15) is 16.0 Å². The topological polar surface area (TPSA) is 27.7 Å². The van der Waals surface area contributed by atoms with Crippen LogP contribution in [-0.4, -0.2) is 20.3 Å². The van der Waals surface area contributed by atoms with Gasteiger partial charge in [0.05, 0.1) is 11.9 Å². The Labute approximate surface area is 126 Å². The summed E-state index contributed by atoms with van der Waals surface area (Å²) in [6.45, 7) is 1.20. The number of methoxy groups -OCH3 is 1. The van der Waals surface area contributed by atoms with Crippen LogP contribution in [0.2, 0.25) is 0 Å². The fraction of sp³-hybridized carbons (Fsp3) is 0.250. The molecular formula is C16H15BrO3. The van der Waals surface area contributed by atoms with Gasteiger partial charge in [-0.3, -0.25) is 0 Å². The molecule has 0 fully saturated rings. The van der Waals surface area contributed by atoms with Gasteiger partial charge < -0.3 is 14.2 Å². The molecule has 1 aliphatic heterocycles. The van der Waals surface area contributed by atoms with Crippen molar-refractivity contribution >= 4 is 15.9 Å². The third kappa shape index (κ3) is 2.48. The fourth-order valence-corrected chi connectivity index (χ4v) is 2.94. The third-order valence-corrected chi connectivity index (χ3v) is 4.29. The first-order chi connectivity index (χ1) is 9.79. The number of ether oxygens (including phenoxy) is 3. The van der Waals surface area contributed by atoms with Crippen molar-refractivity contribution in [3.05, 3.63) is 53.6 Å². The van der Waals surface area contributed by atoms with Crippen LogP contribution in [0.4, 0.5) is 0 Å².